The first kappa shape index (κ1) is 20.7. The van der Waals surface area contributed by atoms with Crippen molar-refractivity contribution in [1.29, 1.82) is 0 Å². The summed E-state index contributed by atoms with van der Waals surface area (Å²) in [6.07, 6.45) is 1.67. The molecule has 0 bridgehead atoms. The summed E-state index contributed by atoms with van der Waals surface area (Å²) in [6, 6.07) is 3.87. The van der Waals surface area contributed by atoms with E-state index in [4.69, 9.17) is 0 Å². The van der Waals surface area contributed by atoms with Gasteiger partial charge in [-0.05, 0) is 42.4 Å². The average Bonchev–Trinajstić information content (AvgIpc) is 2.51. The zero-order valence-corrected chi connectivity index (χ0v) is 17.5. The number of aromatic nitrogens is 2. The van der Waals surface area contributed by atoms with Gasteiger partial charge in [-0.2, -0.15) is 5.10 Å². The van der Waals surface area contributed by atoms with Crippen molar-refractivity contribution in [3.63, 3.8) is 0 Å². The molecule has 0 saturated carbocycles. The number of phenols is 1. The Labute approximate surface area is 160 Å². The molecule has 1 heterocycles. The number of hydrazone groups is 1. The molecular weight excluding hydrogens is 340 g/mol. The number of rotatable bonds is 3. The van der Waals surface area contributed by atoms with Gasteiger partial charge in [0.15, 0.2) is 0 Å². The third kappa shape index (κ3) is 4.76. The third-order valence-electron chi connectivity index (χ3n) is 4.53. The van der Waals surface area contributed by atoms with Crippen molar-refractivity contribution >= 4 is 12.2 Å². The maximum atomic E-state index is 11.8. The number of nitrogens with one attached hydrogen (secondary N) is 2. The lowest BCUT2D eigenvalue weighted by molar-refractivity contribution is 0.423. The molecule has 27 heavy (non-hydrogen) atoms. The van der Waals surface area contributed by atoms with E-state index >= 15 is 0 Å². The Morgan fingerprint density at radius 3 is 2.04 bits per heavy atom. The standard InChI is InChI=1S/C21H30N4O2/c1-12-13(2)23-19(24-18(12)27)25-22-11-14-9-15(20(3,4)5)17(26)16(10-14)21(6,7)8/h9-11,26H,1-8H3,(H2,23,24,25,27)/b22-11-. The molecule has 6 heteroatoms. The molecule has 0 amide bonds. The highest BCUT2D eigenvalue weighted by Crippen LogP contribution is 2.39. The fraction of sp³-hybridized carbons (Fsp3) is 0.476. The Hall–Kier alpha value is -2.63. The van der Waals surface area contributed by atoms with Gasteiger partial charge in [-0.25, -0.2) is 10.4 Å². The Morgan fingerprint density at radius 2 is 1.59 bits per heavy atom. The van der Waals surface area contributed by atoms with Crippen molar-refractivity contribution in [2.45, 2.75) is 66.2 Å². The second-order valence-electron chi connectivity index (χ2n) is 8.96. The maximum absolute atomic E-state index is 11.8. The fourth-order valence-electron chi connectivity index (χ4n) is 2.74. The molecule has 1 aromatic carbocycles. The molecule has 146 valence electrons. The van der Waals surface area contributed by atoms with Crippen molar-refractivity contribution in [1.82, 2.24) is 9.97 Å². The van der Waals surface area contributed by atoms with E-state index in [9.17, 15) is 9.90 Å². The average molecular weight is 370 g/mol. The van der Waals surface area contributed by atoms with Crippen LogP contribution in [0.2, 0.25) is 0 Å². The Kier molecular flexibility index (Phi) is 5.50. The predicted octanol–water partition coefficient (Wildman–Crippen LogP) is 4.13. The van der Waals surface area contributed by atoms with Crippen LogP contribution in [-0.2, 0) is 10.8 Å². The predicted molar refractivity (Wildman–Crippen MR) is 111 cm³/mol. The lowest BCUT2D eigenvalue weighted by atomic mass is 9.78. The SMILES string of the molecule is Cc1nc(N/N=C\c2cc(C(C)(C)C)c(O)c(C(C)(C)C)c2)[nH]c(=O)c1C. The maximum Gasteiger partial charge on any atom is 0.255 e. The van der Waals surface area contributed by atoms with E-state index in [1.807, 2.05) is 12.1 Å². The molecule has 0 spiro atoms. The lowest BCUT2D eigenvalue weighted by Gasteiger charge is -2.27. The summed E-state index contributed by atoms with van der Waals surface area (Å²) >= 11 is 0. The second kappa shape index (κ2) is 7.18. The Morgan fingerprint density at radius 1 is 1.07 bits per heavy atom. The molecule has 0 aliphatic rings. The molecule has 6 nitrogen and oxygen atoms in total. The van der Waals surface area contributed by atoms with Crippen molar-refractivity contribution < 1.29 is 5.11 Å². The van der Waals surface area contributed by atoms with Crippen molar-refractivity contribution in [3.8, 4) is 5.75 Å². The Balaban J connectivity index is 2.41. The first-order chi connectivity index (χ1) is 12.3. The van der Waals surface area contributed by atoms with Crippen molar-refractivity contribution in [2.24, 2.45) is 5.10 Å². The molecule has 1 aromatic heterocycles. The molecule has 0 aliphatic heterocycles. The van der Waals surface area contributed by atoms with E-state index in [0.29, 0.717) is 23.0 Å². The van der Waals surface area contributed by atoms with Crippen LogP contribution >= 0.6 is 0 Å². The first-order valence-corrected chi connectivity index (χ1v) is 9.05. The topological polar surface area (TPSA) is 90.4 Å². The van der Waals surface area contributed by atoms with Gasteiger partial charge in [0.1, 0.15) is 5.75 Å². The molecule has 0 fully saturated rings. The van der Waals surface area contributed by atoms with Crippen LogP contribution in [0.1, 0.15) is 69.5 Å². The van der Waals surface area contributed by atoms with E-state index in [1.165, 1.54) is 0 Å². The zero-order chi connectivity index (χ0) is 20.6. The highest BCUT2D eigenvalue weighted by Gasteiger charge is 2.26. The van der Waals surface area contributed by atoms with Crippen LogP contribution in [0.5, 0.6) is 5.75 Å². The van der Waals surface area contributed by atoms with Crippen LogP contribution in [0.25, 0.3) is 0 Å². The fourth-order valence-corrected chi connectivity index (χ4v) is 2.74. The number of phenolic OH excluding ortho intramolecular Hbond substituents is 1. The summed E-state index contributed by atoms with van der Waals surface area (Å²) in [5.41, 5.74) is 6.03. The largest absolute Gasteiger partial charge is 0.507 e. The van der Waals surface area contributed by atoms with E-state index < -0.39 is 0 Å². The lowest BCUT2D eigenvalue weighted by Crippen LogP contribution is -2.18. The van der Waals surface area contributed by atoms with Gasteiger partial charge in [-0.1, -0.05) is 41.5 Å². The van der Waals surface area contributed by atoms with E-state index in [1.54, 1.807) is 20.1 Å². The minimum absolute atomic E-state index is 0.185. The highest BCUT2D eigenvalue weighted by molar-refractivity contribution is 5.82. The number of benzene rings is 1. The molecule has 0 aliphatic carbocycles. The van der Waals surface area contributed by atoms with Crippen LogP contribution in [0, 0.1) is 13.8 Å². The van der Waals surface area contributed by atoms with Gasteiger partial charge in [-0.15, -0.1) is 0 Å². The molecule has 2 rings (SSSR count). The van der Waals surface area contributed by atoms with Crippen LogP contribution in [0.3, 0.4) is 0 Å². The monoisotopic (exact) mass is 370 g/mol. The van der Waals surface area contributed by atoms with Gasteiger partial charge in [-0.3, -0.25) is 9.78 Å². The van der Waals surface area contributed by atoms with Crippen molar-refractivity contribution in [2.75, 3.05) is 5.43 Å². The van der Waals surface area contributed by atoms with E-state index in [0.717, 1.165) is 16.7 Å². The molecule has 0 atom stereocenters. The summed E-state index contributed by atoms with van der Waals surface area (Å²) in [6.45, 7) is 15.9. The van der Waals surface area contributed by atoms with Crippen LogP contribution in [-0.4, -0.2) is 21.3 Å². The molecular formula is C21H30N4O2. The van der Waals surface area contributed by atoms with Crippen LogP contribution in [0.4, 0.5) is 5.95 Å². The number of aryl methyl sites for hydroxylation is 1. The smallest absolute Gasteiger partial charge is 0.255 e. The highest BCUT2D eigenvalue weighted by atomic mass is 16.3. The van der Waals surface area contributed by atoms with Gasteiger partial charge >= 0.3 is 0 Å². The summed E-state index contributed by atoms with van der Waals surface area (Å²) in [7, 11) is 0. The number of hydrogen-bond donors (Lipinski definition) is 3. The number of anilines is 1. The number of H-pyrrole nitrogens is 1. The Bertz CT molecular complexity index is 894. The van der Waals surface area contributed by atoms with Gasteiger partial charge in [0.05, 0.1) is 6.21 Å². The molecule has 0 radical (unpaired) electrons. The minimum atomic E-state index is -0.206. The molecule has 0 unspecified atom stereocenters. The summed E-state index contributed by atoms with van der Waals surface area (Å²) in [5, 5.41) is 15.0. The van der Waals surface area contributed by atoms with Gasteiger partial charge in [0, 0.05) is 22.4 Å². The van der Waals surface area contributed by atoms with Gasteiger partial charge < -0.3 is 5.11 Å². The third-order valence-corrected chi connectivity index (χ3v) is 4.53. The minimum Gasteiger partial charge on any atom is -0.507 e. The normalized spacial score (nSPS) is 12.6. The summed E-state index contributed by atoms with van der Waals surface area (Å²) in [5.74, 6) is 0.630. The molecule has 0 saturated heterocycles. The van der Waals surface area contributed by atoms with E-state index in [-0.39, 0.29) is 16.4 Å². The quantitative estimate of drug-likeness (QED) is 0.559. The second-order valence-corrected chi connectivity index (χ2v) is 8.96. The van der Waals surface area contributed by atoms with Crippen LogP contribution < -0.4 is 11.0 Å². The summed E-state index contributed by atoms with van der Waals surface area (Å²) in [4.78, 5) is 18.7. The molecule has 2 aromatic rings. The van der Waals surface area contributed by atoms with Gasteiger partial charge in [0.2, 0.25) is 5.95 Å². The molecule has 3 N–H and O–H groups in total. The van der Waals surface area contributed by atoms with Crippen LogP contribution in [0.15, 0.2) is 22.0 Å². The number of aromatic hydroxyl groups is 1. The zero-order valence-electron chi connectivity index (χ0n) is 17.5. The van der Waals surface area contributed by atoms with E-state index in [2.05, 4.69) is 62.0 Å². The number of nitrogens with zero attached hydrogens (tertiary/aromatic N) is 2. The van der Waals surface area contributed by atoms with Crippen molar-refractivity contribution in [3.05, 3.63) is 50.4 Å². The number of aromatic amines is 1. The number of hydrogen-bond acceptors (Lipinski definition) is 5. The first-order valence-electron chi connectivity index (χ1n) is 9.05. The summed E-state index contributed by atoms with van der Waals surface area (Å²) < 4.78 is 0. The van der Waals surface area contributed by atoms with Gasteiger partial charge in [0.25, 0.3) is 5.56 Å².